The molecule has 0 radical (unpaired) electrons. The van der Waals surface area contributed by atoms with Crippen LogP contribution >= 0.6 is 11.6 Å². The SMILES string of the molecule is COc1cc(NC(=O)Nc2c(-c3ccc(Cl)cc3)[nH]c3ccccc23)cc(OC)c1. The van der Waals surface area contributed by atoms with Crippen LogP contribution in [0.15, 0.2) is 66.7 Å². The Balaban J connectivity index is 1.67. The maximum Gasteiger partial charge on any atom is 0.323 e. The van der Waals surface area contributed by atoms with Gasteiger partial charge in [0.2, 0.25) is 0 Å². The summed E-state index contributed by atoms with van der Waals surface area (Å²) in [5, 5.41) is 7.36. The van der Waals surface area contributed by atoms with Crippen molar-refractivity contribution in [3.8, 4) is 22.8 Å². The molecule has 0 aliphatic rings. The van der Waals surface area contributed by atoms with E-state index in [4.69, 9.17) is 21.1 Å². The van der Waals surface area contributed by atoms with Crippen molar-refractivity contribution in [3.05, 3.63) is 71.8 Å². The van der Waals surface area contributed by atoms with Gasteiger partial charge in [-0.25, -0.2) is 4.79 Å². The van der Waals surface area contributed by atoms with Crippen molar-refractivity contribution in [1.29, 1.82) is 0 Å². The van der Waals surface area contributed by atoms with Crippen molar-refractivity contribution < 1.29 is 14.3 Å². The van der Waals surface area contributed by atoms with Gasteiger partial charge in [-0.2, -0.15) is 0 Å². The minimum Gasteiger partial charge on any atom is -0.497 e. The Kier molecular flexibility index (Phi) is 5.50. The molecule has 0 saturated heterocycles. The molecule has 4 rings (SSSR count). The number of para-hydroxylation sites is 1. The largest absolute Gasteiger partial charge is 0.497 e. The zero-order valence-corrected chi connectivity index (χ0v) is 17.2. The number of hydrogen-bond acceptors (Lipinski definition) is 3. The average molecular weight is 422 g/mol. The highest BCUT2D eigenvalue weighted by molar-refractivity contribution is 6.30. The fourth-order valence-corrected chi connectivity index (χ4v) is 3.39. The van der Waals surface area contributed by atoms with Crippen LogP contribution in [0, 0.1) is 0 Å². The van der Waals surface area contributed by atoms with Crippen LogP contribution in [-0.4, -0.2) is 25.2 Å². The second kappa shape index (κ2) is 8.39. The number of hydrogen-bond donors (Lipinski definition) is 3. The average Bonchev–Trinajstić information content (AvgIpc) is 3.12. The number of benzene rings is 3. The fourth-order valence-electron chi connectivity index (χ4n) is 3.26. The first-order valence-corrected chi connectivity index (χ1v) is 9.63. The van der Waals surface area contributed by atoms with E-state index >= 15 is 0 Å². The minimum atomic E-state index is -0.384. The lowest BCUT2D eigenvalue weighted by Gasteiger charge is -2.12. The van der Waals surface area contributed by atoms with E-state index in [0.29, 0.717) is 27.9 Å². The number of halogens is 1. The molecule has 0 aliphatic carbocycles. The Morgan fingerprint density at radius 3 is 2.23 bits per heavy atom. The van der Waals surface area contributed by atoms with Gasteiger partial charge in [0.25, 0.3) is 0 Å². The molecular formula is C23H20ClN3O3. The van der Waals surface area contributed by atoms with E-state index in [1.54, 1.807) is 32.4 Å². The van der Waals surface area contributed by atoms with E-state index in [1.807, 2.05) is 48.5 Å². The number of carbonyl (C=O) groups excluding carboxylic acids is 1. The zero-order valence-electron chi connectivity index (χ0n) is 16.5. The fraction of sp³-hybridized carbons (Fsp3) is 0.0870. The number of fused-ring (bicyclic) bond motifs is 1. The molecule has 4 aromatic rings. The Labute approximate surface area is 178 Å². The van der Waals surface area contributed by atoms with E-state index in [0.717, 1.165) is 22.2 Å². The summed E-state index contributed by atoms with van der Waals surface area (Å²) < 4.78 is 10.5. The van der Waals surface area contributed by atoms with Crippen LogP contribution in [0.1, 0.15) is 0 Å². The summed E-state index contributed by atoms with van der Waals surface area (Å²) in [7, 11) is 3.12. The highest BCUT2D eigenvalue weighted by atomic mass is 35.5. The summed E-state index contributed by atoms with van der Waals surface area (Å²) in [5.74, 6) is 1.16. The van der Waals surface area contributed by atoms with Gasteiger partial charge in [0, 0.05) is 45.4 Å². The lowest BCUT2D eigenvalue weighted by atomic mass is 10.1. The molecule has 0 saturated carbocycles. The number of rotatable bonds is 5. The van der Waals surface area contributed by atoms with Crippen LogP contribution in [0.25, 0.3) is 22.2 Å². The van der Waals surface area contributed by atoms with Gasteiger partial charge in [-0.15, -0.1) is 0 Å². The monoisotopic (exact) mass is 421 g/mol. The van der Waals surface area contributed by atoms with Crippen LogP contribution in [0.4, 0.5) is 16.2 Å². The number of urea groups is 1. The molecule has 0 aliphatic heterocycles. The molecule has 3 aromatic carbocycles. The maximum atomic E-state index is 12.8. The predicted molar refractivity (Wildman–Crippen MR) is 121 cm³/mol. The standard InChI is InChI=1S/C23H20ClN3O3/c1-29-17-11-16(12-18(13-17)30-2)25-23(28)27-22-19-5-3-4-6-20(19)26-21(22)14-7-9-15(24)10-8-14/h3-13,26H,1-2H3,(H2,25,27,28). The number of H-pyrrole nitrogens is 1. The number of anilines is 2. The number of nitrogens with one attached hydrogen (secondary N) is 3. The van der Waals surface area contributed by atoms with Gasteiger partial charge in [0.15, 0.2) is 0 Å². The second-order valence-corrected chi connectivity index (χ2v) is 7.04. The summed E-state index contributed by atoms with van der Waals surface area (Å²) in [6.45, 7) is 0. The first-order chi connectivity index (χ1) is 14.6. The van der Waals surface area contributed by atoms with Crippen LogP contribution in [-0.2, 0) is 0 Å². The molecule has 0 atom stereocenters. The first-order valence-electron chi connectivity index (χ1n) is 9.25. The van der Waals surface area contributed by atoms with Gasteiger partial charge in [0.1, 0.15) is 11.5 Å². The van der Waals surface area contributed by atoms with Crippen molar-refractivity contribution in [2.24, 2.45) is 0 Å². The van der Waals surface area contributed by atoms with Crippen molar-refractivity contribution in [1.82, 2.24) is 4.98 Å². The maximum absolute atomic E-state index is 12.8. The Hall–Kier alpha value is -3.64. The van der Waals surface area contributed by atoms with Crippen molar-refractivity contribution in [2.75, 3.05) is 24.9 Å². The Morgan fingerprint density at radius 2 is 1.57 bits per heavy atom. The summed E-state index contributed by atoms with van der Waals surface area (Å²) in [6, 6.07) is 20.0. The molecule has 0 bridgehead atoms. The number of aromatic amines is 1. The van der Waals surface area contributed by atoms with E-state index in [9.17, 15) is 4.79 Å². The summed E-state index contributed by atoms with van der Waals surface area (Å²) in [6.07, 6.45) is 0. The van der Waals surface area contributed by atoms with Gasteiger partial charge >= 0.3 is 6.03 Å². The molecule has 0 fully saturated rings. The third kappa shape index (κ3) is 4.04. The van der Waals surface area contributed by atoms with Gasteiger partial charge in [0.05, 0.1) is 25.6 Å². The molecule has 6 nitrogen and oxygen atoms in total. The lowest BCUT2D eigenvalue weighted by molar-refractivity contribution is 0.262. The topological polar surface area (TPSA) is 75.4 Å². The Morgan fingerprint density at radius 1 is 0.900 bits per heavy atom. The lowest BCUT2D eigenvalue weighted by Crippen LogP contribution is -2.19. The number of carbonyl (C=O) groups is 1. The number of aromatic nitrogens is 1. The van der Waals surface area contributed by atoms with Gasteiger partial charge in [-0.3, -0.25) is 0 Å². The number of methoxy groups -OCH3 is 2. The highest BCUT2D eigenvalue weighted by Crippen LogP contribution is 2.35. The molecule has 152 valence electrons. The highest BCUT2D eigenvalue weighted by Gasteiger charge is 2.16. The third-order valence-electron chi connectivity index (χ3n) is 4.69. The van der Waals surface area contributed by atoms with Crippen LogP contribution in [0.3, 0.4) is 0 Å². The molecule has 3 N–H and O–H groups in total. The molecule has 1 heterocycles. The van der Waals surface area contributed by atoms with Gasteiger partial charge < -0.3 is 25.1 Å². The quantitative estimate of drug-likeness (QED) is 0.361. The molecule has 2 amide bonds. The van der Waals surface area contributed by atoms with E-state index in [1.165, 1.54) is 0 Å². The smallest absolute Gasteiger partial charge is 0.323 e. The van der Waals surface area contributed by atoms with Crippen molar-refractivity contribution in [3.63, 3.8) is 0 Å². The normalized spacial score (nSPS) is 10.6. The van der Waals surface area contributed by atoms with Gasteiger partial charge in [-0.05, 0) is 18.2 Å². The second-order valence-electron chi connectivity index (χ2n) is 6.61. The molecule has 1 aromatic heterocycles. The van der Waals surface area contributed by atoms with Crippen LogP contribution < -0.4 is 20.1 Å². The van der Waals surface area contributed by atoms with E-state index < -0.39 is 0 Å². The first kappa shape index (κ1) is 19.7. The predicted octanol–water partition coefficient (Wildman–Crippen LogP) is 6.15. The minimum absolute atomic E-state index is 0.384. The summed E-state index contributed by atoms with van der Waals surface area (Å²) in [4.78, 5) is 16.2. The van der Waals surface area contributed by atoms with Crippen LogP contribution in [0.5, 0.6) is 11.5 Å². The molecular weight excluding hydrogens is 402 g/mol. The van der Waals surface area contributed by atoms with Gasteiger partial charge in [-0.1, -0.05) is 41.9 Å². The molecule has 0 unspecified atom stereocenters. The van der Waals surface area contributed by atoms with Crippen molar-refractivity contribution >= 4 is 39.9 Å². The number of ether oxygens (including phenoxy) is 2. The van der Waals surface area contributed by atoms with E-state index in [-0.39, 0.29) is 6.03 Å². The number of amides is 2. The summed E-state index contributed by atoms with van der Waals surface area (Å²) in [5.41, 5.74) is 3.86. The molecule has 30 heavy (non-hydrogen) atoms. The zero-order chi connectivity index (χ0) is 21.1. The summed E-state index contributed by atoms with van der Waals surface area (Å²) >= 11 is 6.03. The van der Waals surface area contributed by atoms with Crippen LogP contribution in [0.2, 0.25) is 5.02 Å². The molecule has 7 heteroatoms. The molecule has 0 spiro atoms. The Bertz CT molecular complexity index is 1180. The van der Waals surface area contributed by atoms with E-state index in [2.05, 4.69) is 15.6 Å². The van der Waals surface area contributed by atoms with Crippen molar-refractivity contribution in [2.45, 2.75) is 0 Å². The third-order valence-corrected chi connectivity index (χ3v) is 4.94.